The number of aliphatic carboxylic acids is 1. The topological polar surface area (TPSA) is 75.6 Å². The van der Waals surface area contributed by atoms with E-state index < -0.39 is 12.0 Å². The van der Waals surface area contributed by atoms with Gasteiger partial charge in [0, 0.05) is 20.1 Å². The van der Waals surface area contributed by atoms with Crippen LogP contribution in [0.2, 0.25) is 0 Å². The first kappa shape index (κ1) is 14.9. The fourth-order valence-corrected chi connectivity index (χ4v) is 1.29. The first-order valence-corrected chi connectivity index (χ1v) is 5.50. The summed E-state index contributed by atoms with van der Waals surface area (Å²) in [5.41, 5.74) is 0. The Morgan fingerprint density at radius 2 is 1.94 bits per heavy atom. The molecule has 16 heavy (non-hydrogen) atoms. The number of carboxylic acid groups (broad SMARTS) is 1. The summed E-state index contributed by atoms with van der Waals surface area (Å²) in [6.07, 6.45) is 1.87. The summed E-state index contributed by atoms with van der Waals surface area (Å²) >= 11 is 0. The number of carbonyl (C=O) groups excluding carboxylic acids is 1. The Kier molecular flexibility index (Phi) is 7.54. The smallest absolute Gasteiger partial charge is 0.326 e. The van der Waals surface area contributed by atoms with E-state index >= 15 is 0 Å². The summed E-state index contributed by atoms with van der Waals surface area (Å²) in [6.45, 7) is 4.16. The Hall–Kier alpha value is -1.10. The molecule has 0 aliphatic heterocycles. The van der Waals surface area contributed by atoms with Crippen molar-refractivity contribution < 1.29 is 19.4 Å². The maximum atomic E-state index is 11.4. The summed E-state index contributed by atoms with van der Waals surface area (Å²) < 4.78 is 4.86. The number of hydrogen-bond donors (Lipinski definition) is 2. The van der Waals surface area contributed by atoms with Crippen LogP contribution in [0.3, 0.4) is 0 Å². The molecule has 0 aromatic carbocycles. The quantitative estimate of drug-likeness (QED) is 0.612. The third-order valence-corrected chi connectivity index (χ3v) is 2.25. The van der Waals surface area contributed by atoms with Crippen molar-refractivity contribution in [1.29, 1.82) is 0 Å². The number of carbonyl (C=O) groups is 2. The van der Waals surface area contributed by atoms with E-state index in [9.17, 15) is 9.59 Å². The molecule has 0 aliphatic rings. The maximum absolute atomic E-state index is 11.4. The molecule has 0 fully saturated rings. The van der Waals surface area contributed by atoms with Gasteiger partial charge in [-0.05, 0) is 18.8 Å². The molecule has 1 amide bonds. The van der Waals surface area contributed by atoms with E-state index in [1.807, 2.05) is 0 Å². The number of hydrogen-bond acceptors (Lipinski definition) is 3. The number of methoxy groups -OCH3 is 1. The molecule has 94 valence electrons. The van der Waals surface area contributed by atoms with Gasteiger partial charge in [-0.15, -0.1) is 0 Å². The molecule has 0 aliphatic carbocycles. The fraction of sp³-hybridized carbons (Fsp3) is 0.818. The molecule has 1 atom stereocenters. The Balaban J connectivity index is 3.87. The zero-order valence-electron chi connectivity index (χ0n) is 10.2. The standard InChI is InChI=1S/C11H21NO4/c1-8(2)10(11(14)15)12-9(13)6-4-5-7-16-3/h8,10H,4-7H2,1-3H3,(H,12,13)(H,14,15)/t10-/m0/s1. The molecule has 2 N–H and O–H groups in total. The van der Waals surface area contributed by atoms with Crippen molar-refractivity contribution in [2.75, 3.05) is 13.7 Å². The van der Waals surface area contributed by atoms with E-state index in [2.05, 4.69) is 5.32 Å². The molecule has 0 rings (SSSR count). The first-order chi connectivity index (χ1) is 7.49. The molecule has 0 aromatic rings. The number of carboxylic acids is 1. The van der Waals surface area contributed by atoms with Gasteiger partial charge >= 0.3 is 5.97 Å². The molecule has 0 radical (unpaired) electrons. The van der Waals surface area contributed by atoms with Gasteiger partial charge in [-0.2, -0.15) is 0 Å². The molecule has 0 saturated heterocycles. The van der Waals surface area contributed by atoms with Crippen LogP contribution in [0.25, 0.3) is 0 Å². The largest absolute Gasteiger partial charge is 0.480 e. The van der Waals surface area contributed by atoms with Gasteiger partial charge in [-0.3, -0.25) is 4.79 Å². The number of ether oxygens (including phenoxy) is 1. The summed E-state index contributed by atoms with van der Waals surface area (Å²) in [5, 5.41) is 11.4. The lowest BCUT2D eigenvalue weighted by Gasteiger charge is -2.17. The second-order valence-electron chi connectivity index (χ2n) is 4.08. The van der Waals surface area contributed by atoms with Crippen LogP contribution in [0.4, 0.5) is 0 Å². The Morgan fingerprint density at radius 3 is 2.38 bits per heavy atom. The summed E-state index contributed by atoms with van der Waals surface area (Å²) in [5.74, 6) is -1.31. The summed E-state index contributed by atoms with van der Waals surface area (Å²) in [4.78, 5) is 22.2. The minimum absolute atomic E-state index is 0.111. The van der Waals surface area contributed by atoms with Crippen molar-refractivity contribution in [3.05, 3.63) is 0 Å². The second-order valence-corrected chi connectivity index (χ2v) is 4.08. The Morgan fingerprint density at radius 1 is 1.31 bits per heavy atom. The summed E-state index contributed by atoms with van der Waals surface area (Å²) in [7, 11) is 1.61. The van der Waals surface area contributed by atoms with Crippen LogP contribution in [0.5, 0.6) is 0 Å². The SMILES string of the molecule is COCCCCC(=O)N[C@H](C(=O)O)C(C)C. The minimum Gasteiger partial charge on any atom is -0.480 e. The van der Waals surface area contributed by atoms with E-state index in [1.54, 1.807) is 21.0 Å². The zero-order valence-corrected chi connectivity index (χ0v) is 10.2. The Bertz CT molecular complexity index is 228. The van der Waals surface area contributed by atoms with Gasteiger partial charge in [0.2, 0.25) is 5.91 Å². The second kappa shape index (κ2) is 8.10. The van der Waals surface area contributed by atoms with Gasteiger partial charge in [0.05, 0.1) is 0 Å². The minimum atomic E-state index is -0.986. The van der Waals surface area contributed by atoms with Gasteiger partial charge in [-0.1, -0.05) is 13.8 Å². The van der Waals surface area contributed by atoms with E-state index in [4.69, 9.17) is 9.84 Å². The average Bonchev–Trinajstić information content (AvgIpc) is 2.20. The molecule has 0 spiro atoms. The molecule has 0 aromatic heterocycles. The predicted octanol–water partition coefficient (Wildman–Crippen LogP) is 1.03. The fourth-order valence-electron chi connectivity index (χ4n) is 1.29. The molecule has 0 unspecified atom stereocenters. The number of unbranched alkanes of at least 4 members (excludes halogenated alkanes) is 1. The van der Waals surface area contributed by atoms with Crippen LogP contribution in [-0.4, -0.2) is 36.7 Å². The van der Waals surface area contributed by atoms with E-state index in [-0.39, 0.29) is 11.8 Å². The van der Waals surface area contributed by atoms with Crippen molar-refractivity contribution in [2.24, 2.45) is 5.92 Å². The maximum Gasteiger partial charge on any atom is 0.326 e. The highest BCUT2D eigenvalue weighted by molar-refractivity contribution is 5.83. The highest BCUT2D eigenvalue weighted by Gasteiger charge is 2.22. The molecule has 0 bridgehead atoms. The molecular weight excluding hydrogens is 210 g/mol. The van der Waals surface area contributed by atoms with Crippen molar-refractivity contribution in [1.82, 2.24) is 5.32 Å². The normalized spacial score (nSPS) is 12.5. The van der Waals surface area contributed by atoms with Crippen LogP contribution in [0.1, 0.15) is 33.1 Å². The van der Waals surface area contributed by atoms with Gasteiger partial charge in [0.25, 0.3) is 0 Å². The molecule has 5 nitrogen and oxygen atoms in total. The predicted molar refractivity (Wildman–Crippen MR) is 60.1 cm³/mol. The van der Waals surface area contributed by atoms with Gasteiger partial charge in [0.15, 0.2) is 0 Å². The highest BCUT2D eigenvalue weighted by atomic mass is 16.5. The van der Waals surface area contributed by atoms with Crippen LogP contribution in [0, 0.1) is 5.92 Å². The van der Waals surface area contributed by atoms with E-state index in [0.717, 1.165) is 6.42 Å². The van der Waals surface area contributed by atoms with E-state index in [1.165, 1.54) is 0 Å². The average molecular weight is 231 g/mol. The van der Waals surface area contributed by atoms with Crippen molar-refractivity contribution in [3.8, 4) is 0 Å². The lowest BCUT2D eigenvalue weighted by atomic mass is 10.0. The van der Waals surface area contributed by atoms with Crippen LogP contribution >= 0.6 is 0 Å². The Labute approximate surface area is 96.2 Å². The number of amides is 1. The van der Waals surface area contributed by atoms with Crippen LogP contribution < -0.4 is 5.32 Å². The van der Waals surface area contributed by atoms with E-state index in [0.29, 0.717) is 19.4 Å². The summed E-state index contributed by atoms with van der Waals surface area (Å²) in [6, 6.07) is -0.796. The van der Waals surface area contributed by atoms with Crippen molar-refractivity contribution in [3.63, 3.8) is 0 Å². The third-order valence-electron chi connectivity index (χ3n) is 2.25. The zero-order chi connectivity index (χ0) is 12.6. The lowest BCUT2D eigenvalue weighted by Crippen LogP contribution is -2.44. The first-order valence-electron chi connectivity index (χ1n) is 5.50. The van der Waals surface area contributed by atoms with Gasteiger partial charge in [0.1, 0.15) is 6.04 Å². The molecular formula is C11H21NO4. The van der Waals surface area contributed by atoms with Gasteiger partial charge < -0.3 is 15.2 Å². The van der Waals surface area contributed by atoms with Gasteiger partial charge in [-0.25, -0.2) is 4.79 Å². The molecule has 0 heterocycles. The highest BCUT2D eigenvalue weighted by Crippen LogP contribution is 2.03. The monoisotopic (exact) mass is 231 g/mol. The van der Waals surface area contributed by atoms with Crippen LogP contribution in [0.15, 0.2) is 0 Å². The van der Waals surface area contributed by atoms with Crippen LogP contribution in [-0.2, 0) is 14.3 Å². The molecule has 5 heteroatoms. The van der Waals surface area contributed by atoms with Crippen molar-refractivity contribution >= 4 is 11.9 Å². The van der Waals surface area contributed by atoms with Crippen molar-refractivity contribution in [2.45, 2.75) is 39.2 Å². The lowest BCUT2D eigenvalue weighted by molar-refractivity contribution is -0.143. The number of rotatable bonds is 8. The number of nitrogens with one attached hydrogen (secondary N) is 1. The third kappa shape index (κ3) is 6.40. The molecule has 0 saturated carbocycles.